The van der Waals surface area contributed by atoms with E-state index >= 15 is 0 Å². The molecule has 7 heteroatoms. The van der Waals surface area contributed by atoms with E-state index < -0.39 is 0 Å². The van der Waals surface area contributed by atoms with Gasteiger partial charge in [0.15, 0.2) is 6.39 Å². The molecule has 1 aliphatic heterocycles. The number of phenolic OH excluding ortho intramolecular Hbond substituents is 1. The number of H-pyrrole nitrogens is 1. The highest BCUT2D eigenvalue weighted by Gasteiger charge is 2.33. The summed E-state index contributed by atoms with van der Waals surface area (Å²) >= 11 is 0. The van der Waals surface area contributed by atoms with Crippen LogP contribution in [0.4, 0.5) is 0 Å². The molecular formula is C17H16N4O3. The number of nitrogens with one attached hydrogen (secondary N) is 1. The van der Waals surface area contributed by atoms with Crippen LogP contribution in [-0.2, 0) is 6.54 Å². The zero-order valence-corrected chi connectivity index (χ0v) is 13.1. The van der Waals surface area contributed by atoms with Gasteiger partial charge >= 0.3 is 0 Å². The summed E-state index contributed by atoms with van der Waals surface area (Å²) in [6.45, 7) is 2.64. The summed E-state index contributed by atoms with van der Waals surface area (Å²) in [7, 11) is 0. The number of carbonyl (C=O) groups excluding carboxylic acids is 1. The van der Waals surface area contributed by atoms with Gasteiger partial charge in [0.2, 0.25) is 5.76 Å². The molecule has 0 saturated heterocycles. The molecule has 1 aliphatic rings. The third kappa shape index (κ3) is 2.34. The third-order valence-electron chi connectivity index (χ3n) is 4.33. The van der Waals surface area contributed by atoms with Gasteiger partial charge in [0.25, 0.3) is 5.91 Å². The Morgan fingerprint density at radius 1 is 1.42 bits per heavy atom. The van der Waals surface area contributed by atoms with Crippen molar-refractivity contribution in [2.75, 3.05) is 6.54 Å². The van der Waals surface area contributed by atoms with Crippen molar-refractivity contribution in [1.82, 2.24) is 19.9 Å². The molecule has 1 aromatic carbocycles. The number of carbonyl (C=O) groups is 1. The standard InChI is InChI=1S/C17H16N4O3/c1-10-16(24-9-20-10)17(23)21-6-13(11-3-2-4-12(22)5-11)15-14(7-21)18-8-19-15/h2-5,8-9,13,22H,6-7H2,1H3,(H,18,19). The Balaban J connectivity index is 1.71. The van der Waals surface area contributed by atoms with Gasteiger partial charge in [-0.15, -0.1) is 0 Å². The number of aromatic amines is 1. The lowest BCUT2D eigenvalue weighted by molar-refractivity contribution is 0.0688. The van der Waals surface area contributed by atoms with Crippen LogP contribution in [0.2, 0.25) is 0 Å². The van der Waals surface area contributed by atoms with E-state index in [1.165, 1.54) is 6.39 Å². The average molecular weight is 324 g/mol. The minimum Gasteiger partial charge on any atom is -0.508 e. The lowest BCUT2D eigenvalue weighted by Gasteiger charge is -2.31. The number of hydrogen-bond donors (Lipinski definition) is 2. The molecule has 3 heterocycles. The molecule has 122 valence electrons. The molecule has 1 atom stereocenters. The summed E-state index contributed by atoms with van der Waals surface area (Å²) in [4.78, 5) is 26.0. The van der Waals surface area contributed by atoms with Crippen LogP contribution in [0, 0.1) is 6.92 Å². The number of oxazole rings is 1. The molecule has 0 saturated carbocycles. The quantitative estimate of drug-likeness (QED) is 0.753. The van der Waals surface area contributed by atoms with E-state index in [-0.39, 0.29) is 23.3 Å². The third-order valence-corrected chi connectivity index (χ3v) is 4.33. The minimum atomic E-state index is -0.199. The normalized spacial score (nSPS) is 16.9. The topological polar surface area (TPSA) is 95.3 Å². The molecule has 0 fully saturated rings. The fraction of sp³-hybridized carbons (Fsp3) is 0.235. The Kier molecular flexibility index (Phi) is 3.34. The second kappa shape index (κ2) is 5.52. The number of amides is 1. The lowest BCUT2D eigenvalue weighted by atomic mass is 9.90. The van der Waals surface area contributed by atoms with E-state index in [9.17, 15) is 9.90 Å². The van der Waals surface area contributed by atoms with Gasteiger partial charge in [-0.25, -0.2) is 9.97 Å². The number of hydrogen-bond acceptors (Lipinski definition) is 5. The van der Waals surface area contributed by atoms with E-state index in [0.29, 0.717) is 18.8 Å². The molecular weight excluding hydrogens is 308 g/mol. The van der Waals surface area contributed by atoms with Crippen molar-refractivity contribution in [1.29, 1.82) is 0 Å². The predicted octanol–water partition coefficient (Wildman–Crippen LogP) is 2.20. The summed E-state index contributed by atoms with van der Waals surface area (Å²) < 4.78 is 5.24. The number of aryl methyl sites for hydroxylation is 1. The molecule has 1 unspecified atom stereocenters. The van der Waals surface area contributed by atoms with E-state index in [4.69, 9.17) is 4.42 Å². The number of aromatic hydroxyl groups is 1. The highest BCUT2D eigenvalue weighted by molar-refractivity contribution is 5.92. The smallest absolute Gasteiger partial charge is 0.291 e. The maximum atomic E-state index is 12.8. The van der Waals surface area contributed by atoms with Gasteiger partial charge in [-0.3, -0.25) is 4.79 Å². The Hall–Kier alpha value is -3.09. The number of aromatic nitrogens is 3. The highest BCUT2D eigenvalue weighted by Crippen LogP contribution is 2.33. The van der Waals surface area contributed by atoms with Crippen LogP contribution in [0.15, 0.2) is 41.4 Å². The maximum absolute atomic E-state index is 12.8. The number of phenols is 1. The molecule has 0 spiro atoms. The Morgan fingerprint density at radius 2 is 2.29 bits per heavy atom. The van der Waals surface area contributed by atoms with Crippen molar-refractivity contribution < 1.29 is 14.3 Å². The van der Waals surface area contributed by atoms with Gasteiger partial charge in [-0.1, -0.05) is 12.1 Å². The number of nitrogens with zero attached hydrogens (tertiary/aromatic N) is 3. The van der Waals surface area contributed by atoms with Gasteiger partial charge < -0.3 is 19.4 Å². The van der Waals surface area contributed by atoms with Crippen LogP contribution in [0.25, 0.3) is 0 Å². The van der Waals surface area contributed by atoms with Crippen molar-refractivity contribution in [3.63, 3.8) is 0 Å². The molecule has 0 aliphatic carbocycles. The van der Waals surface area contributed by atoms with E-state index in [1.54, 1.807) is 36.4 Å². The van der Waals surface area contributed by atoms with E-state index in [1.807, 2.05) is 6.07 Å². The second-order valence-corrected chi connectivity index (χ2v) is 5.87. The summed E-state index contributed by atoms with van der Waals surface area (Å²) in [6.07, 6.45) is 2.91. The molecule has 0 bridgehead atoms. The average Bonchev–Trinajstić information content (AvgIpc) is 3.21. The minimum absolute atomic E-state index is 0.112. The zero-order chi connectivity index (χ0) is 16.7. The summed E-state index contributed by atoms with van der Waals surface area (Å²) in [5.41, 5.74) is 3.28. The monoisotopic (exact) mass is 324 g/mol. The van der Waals surface area contributed by atoms with Crippen LogP contribution in [-0.4, -0.2) is 37.4 Å². The Bertz CT molecular complexity index is 899. The van der Waals surface area contributed by atoms with Crippen LogP contribution in [0.5, 0.6) is 5.75 Å². The van der Waals surface area contributed by atoms with Crippen molar-refractivity contribution >= 4 is 5.91 Å². The number of benzene rings is 1. The van der Waals surface area contributed by atoms with Gasteiger partial charge in [0.1, 0.15) is 5.75 Å². The van der Waals surface area contributed by atoms with E-state index in [2.05, 4.69) is 15.0 Å². The first-order valence-electron chi connectivity index (χ1n) is 7.64. The SMILES string of the molecule is Cc1ncoc1C(=O)N1Cc2[nH]cnc2C(c2cccc(O)c2)C1. The van der Waals surface area contributed by atoms with Crippen LogP contribution in [0.3, 0.4) is 0 Å². The van der Waals surface area contributed by atoms with Crippen molar-refractivity contribution in [3.8, 4) is 5.75 Å². The fourth-order valence-electron chi connectivity index (χ4n) is 3.13. The van der Waals surface area contributed by atoms with Crippen LogP contribution in [0.1, 0.15) is 39.1 Å². The predicted molar refractivity (Wildman–Crippen MR) is 84.5 cm³/mol. The Morgan fingerprint density at radius 3 is 3.04 bits per heavy atom. The van der Waals surface area contributed by atoms with Gasteiger partial charge in [0, 0.05) is 12.5 Å². The van der Waals surface area contributed by atoms with Crippen LogP contribution >= 0.6 is 0 Å². The number of rotatable bonds is 2. The maximum Gasteiger partial charge on any atom is 0.291 e. The first kappa shape index (κ1) is 14.5. The fourth-order valence-corrected chi connectivity index (χ4v) is 3.13. The summed E-state index contributed by atoms with van der Waals surface area (Å²) in [6, 6.07) is 7.05. The second-order valence-electron chi connectivity index (χ2n) is 5.87. The molecule has 7 nitrogen and oxygen atoms in total. The first-order chi connectivity index (χ1) is 11.6. The van der Waals surface area contributed by atoms with Crippen molar-refractivity contribution in [3.05, 3.63) is 65.4 Å². The van der Waals surface area contributed by atoms with Crippen molar-refractivity contribution in [2.45, 2.75) is 19.4 Å². The molecule has 1 amide bonds. The zero-order valence-electron chi connectivity index (χ0n) is 13.1. The highest BCUT2D eigenvalue weighted by atomic mass is 16.3. The van der Waals surface area contributed by atoms with Crippen molar-refractivity contribution in [2.24, 2.45) is 0 Å². The van der Waals surface area contributed by atoms with Gasteiger partial charge in [0.05, 0.1) is 30.0 Å². The molecule has 4 rings (SSSR count). The molecule has 0 radical (unpaired) electrons. The Labute approximate surface area is 138 Å². The van der Waals surface area contributed by atoms with Gasteiger partial charge in [-0.05, 0) is 24.6 Å². The van der Waals surface area contributed by atoms with Gasteiger partial charge in [-0.2, -0.15) is 0 Å². The summed E-state index contributed by atoms with van der Waals surface area (Å²) in [5, 5.41) is 9.77. The molecule has 3 aromatic rings. The lowest BCUT2D eigenvalue weighted by Crippen LogP contribution is -2.38. The number of fused-ring (bicyclic) bond motifs is 1. The molecule has 24 heavy (non-hydrogen) atoms. The first-order valence-corrected chi connectivity index (χ1v) is 7.64. The molecule has 2 N–H and O–H groups in total. The number of imidazole rings is 1. The van der Waals surface area contributed by atoms with Crippen LogP contribution < -0.4 is 0 Å². The molecule has 2 aromatic heterocycles. The largest absolute Gasteiger partial charge is 0.508 e. The summed E-state index contributed by atoms with van der Waals surface area (Å²) in [5.74, 6) is 0.140. The van der Waals surface area contributed by atoms with E-state index in [0.717, 1.165) is 17.0 Å².